The van der Waals surface area contributed by atoms with E-state index in [4.69, 9.17) is 9.47 Å². The predicted octanol–water partition coefficient (Wildman–Crippen LogP) is 2.82. The number of nitrogens with one attached hydrogen (secondary N) is 2. The number of Topliss-reactive ketones (excluding diaryl/α,β-unsaturated/α-hetero) is 1. The molecule has 11 atom stereocenters. The van der Waals surface area contributed by atoms with Gasteiger partial charge in [0.15, 0.2) is 29.1 Å². The summed E-state index contributed by atoms with van der Waals surface area (Å²) in [5.74, 6) is -5.44. The molecule has 0 aromatic heterocycles. The molecular weight excluding hydrogens is 847 g/mol. The van der Waals surface area contributed by atoms with E-state index in [0.29, 0.717) is 17.7 Å². The molecule has 2 aromatic rings. The van der Waals surface area contributed by atoms with Crippen LogP contribution >= 0.6 is 0 Å². The number of anilines is 1. The number of imide groups is 1. The monoisotopic (exact) mass is 898 g/mol. The van der Waals surface area contributed by atoms with E-state index in [9.17, 15) is 43.8 Å². The second-order valence-corrected chi connectivity index (χ2v) is 18.4. The van der Waals surface area contributed by atoms with Gasteiger partial charge in [0.05, 0.1) is 18.8 Å². The molecule has 2 aliphatic heterocycles. The van der Waals surface area contributed by atoms with E-state index in [0.717, 1.165) is 34.3 Å². The quantitative estimate of drug-likeness (QED) is 0.215. The lowest BCUT2D eigenvalue weighted by atomic mass is 9.44. The Hall–Kier alpha value is -5.75. The fraction of sp³-hybridized carbons (Fsp3) is 0.479. The van der Waals surface area contributed by atoms with Crippen molar-refractivity contribution in [1.29, 1.82) is 0 Å². The number of ether oxygens (including phenoxy) is 2. The minimum Gasteiger partial charge on any atom is -0.390 e. The van der Waals surface area contributed by atoms with Gasteiger partial charge in [-0.2, -0.15) is 0 Å². The summed E-state index contributed by atoms with van der Waals surface area (Å²) in [6.07, 6.45) is 0.482. The summed E-state index contributed by atoms with van der Waals surface area (Å²) < 4.78 is 46.8. The lowest BCUT2D eigenvalue weighted by Crippen LogP contribution is -2.70. The molecule has 0 radical (unpaired) electrons. The zero-order chi connectivity index (χ0) is 46.8. The molecule has 2 aromatic carbocycles. The second kappa shape index (κ2) is 16.9. The number of rotatable bonds is 13. The first-order chi connectivity index (χ1) is 30.8. The number of hydrogen-bond donors (Lipinski definition) is 4. The summed E-state index contributed by atoms with van der Waals surface area (Å²) in [4.78, 5) is 89.9. The fourth-order valence-electron chi connectivity index (χ4n) is 11.5. The molecule has 4 N–H and O–H groups in total. The maximum atomic E-state index is 17.7. The number of hydrogen-bond acceptors (Lipinski definition) is 11. The third-order valence-electron chi connectivity index (χ3n) is 14.9. The van der Waals surface area contributed by atoms with Crippen molar-refractivity contribution in [3.8, 4) is 0 Å². The third-order valence-corrected chi connectivity index (χ3v) is 14.9. The van der Waals surface area contributed by atoms with Gasteiger partial charge in [-0.1, -0.05) is 49.4 Å². The van der Waals surface area contributed by atoms with Crippen LogP contribution in [0, 0.1) is 22.7 Å². The van der Waals surface area contributed by atoms with Crippen LogP contribution in [0.15, 0.2) is 84.5 Å². The van der Waals surface area contributed by atoms with Crippen molar-refractivity contribution < 1.29 is 62.0 Å². The molecule has 1 saturated heterocycles. The van der Waals surface area contributed by atoms with Crippen LogP contribution in [0.4, 0.5) is 14.5 Å². The summed E-state index contributed by atoms with van der Waals surface area (Å²) in [5, 5.41) is 27.1. The fourth-order valence-corrected chi connectivity index (χ4v) is 11.5. The number of ketones is 2. The number of carbonyl (C=O) groups is 7. The van der Waals surface area contributed by atoms with Gasteiger partial charge in [-0.25, -0.2) is 8.78 Å². The molecule has 2 heterocycles. The van der Waals surface area contributed by atoms with E-state index in [1.165, 1.54) is 30.9 Å². The SMILES string of the molecule is CC(NC(=O)CNC(=O)CCN1C(=O)C=CC1=O)C(=O)N(C)c1cccc(Cc2ccc([C@@H]3O[C@@H]4CC5C6C[C@H](F)C7=CC(=O)C=CC7(C)[C@@]6(F)C(O)CC5(C)[C@]4(C(=O)CO)O3)cc2)c1. The van der Waals surface area contributed by atoms with Gasteiger partial charge in [0.1, 0.15) is 18.8 Å². The highest BCUT2D eigenvalue weighted by atomic mass is 19.1. The van der Waals surface area contributed by atoms with E-state index in [2.05, 4.69) is 10.6 Å². The van der Waals surface area contributed by atoms with Crippen LogP contribution in [0.5, 0.6) is 0 Å². The second-order valence-electron chi connectivity index (χ2n) is 18.4. The minimum absolute atomic E-state index is 0.00220. The Kier molecular flexibility index (Phi) is 11.9. The van der Waals surface area contributed by atoms with E-state index >= 15 is 8.78 Å². The first-order valence-corrected chi connectivity index (χ1v) is 21.8. The van der Waals surface area contributed by atoms with Crippen LogP contribution in [-0.2, 0) is 49.5 Å². The van der Waals surface area contributed by atoms with Crippen molar-refractivity contribution in [3.05, 3.63) is 101 Å². The highest BCUT2D eigenvalue weighted by molar-refractivity contribution is 6.13. The lowest BCUT2D eigenvalue weighted by molar-refractivity contribution is -0.235. The van der Waals surface area contributed by atoms with Crippen LogP contribution in [0.1, 0.15) is 69.4 Å². The molecule has 0 bridgehead atoms. The van der Waals surface area contributed by atoms with Gasteiger partial charge < -0.3 is 35.2 Å². The number of amides is 5. The van der Waals surface area contributed by atoms with Crippen LogP contribution in [0.25, 0.3) is 0 Å². The number of benzene rings is 2. The number of halogens is 2. The molecule has 6 unspecified atom stereocenters. The van der Waals surface area contributed by atoms with Gasteiger partial charge in [-0.05, 0) is 86.4 Å². The van der Waals surface area contributed by atoms with Gasteiger partial charge in [-0.3, -0.25) is 38.5 Å². The van der Waals surface area contributed by atoms with Gasteiger partial charge >= 0.3 is 0 Å². The average Bonchev–Trinajstić information content (AvgIpc) is 3.91. The maximum absolute atomic E-state index is 17.7. The summed E-state index contributed by atoms with van der Waals surface area (Å²) >= 11 is 0. The Morgan fingerprint density at radius 3 is 2.37 bits per heavy atom. The summed E-state index contributed by atoms with van der Waals surface area (Å²) in [5.41, 5.74) is -4.08. The van der Waals surface area contributed by atoms with E-state index in [1.807, 2.05) is 24.3 Å². The number of aliphatic hydroxyl groups is 2. The number of carbonyl (C=O) groups excluding carboxylic acids is 7. The van der Waals surface area contributed by atoms with E-state index in [-0.39, 0.29) is 37.8 Å². The Labute approximate surface area is 373 Å². The highest BCUT2D eigenvalue weighted by Gasteiger charge is 2.80. The van der Waals surface area contributed by atoms with Crippen molar-refractivity contribution in [3.63, 3.8) is 0 Å². The Balaban J connectivity index is 0.895. The minimum atomic E-state index is -2.36. The molecular formula is C48H52F2N4O11. The largest absolute Gasteiger partial charge is 0.390 e. The molecule has 15 nitrogen and oxygen atoms in total. The normalized spacial score (nSPS) is 33.7. The first-order valence-electron chi connectivity index (χ1n) is 21.8. The molecule has 3 saturated carbocycles. The van der Waals surface area contributed by atoms with Gasteiger partial charge in [0, 0.05) is 60.2 Å². The molecule has 8 rings (SSSR count). The maximum Gasteiger partial charge on any atom is 0.253 e. The number of likely N-dealkylation sites (N-methyl/N-ethyl adjacent to an activating group) is 1. The molecule has 344 valence electrons. The zero-order valence-electron chi connectivity index (χ0n) is 36.4. The lowest BCUT2D eigenvalue weighted by Gasteiger charge is -2.63. The van der Waals surface area contributed by atoms with Gasteiger partial charge in [0.2, 0.25) is 17.7 Å². The van der Waals surface area contributed by atoms with Crippen molar-refractivity contribution >= 4 is 46.8 Å². The standard InChI is InChI=1S/C48H52F2N4O11/c1-26(52-40(60)24-51-39(59)15-17-54-41(61)12-13-42(54)62)43(63)53(4)30-7-5-6-28(19-30)18-27-8-10-29(11-9-27)44-64-38-22-32-33-21-35(49)34-20-31(56)14-16-45(34,2)47(33,50)36(57)23-46(32,3)48(38,65-44)37(58)25-55/h5-14,16,19-20,26,32-33,35-36,38,44,55,57H,15,17-18,21-25H2,1-4H3,(H,51,59)(H,52,60)/t26?,32?,33?,35-,36?,38+,44+,45?,46?,47-,48+/m0/s1. The molecule has 4 aliphatic carbocycles. The molecule has 4 fully saturated rings. The molecule has 5 amide bonds. The van der Waals surface area contributed by atoms with Gasteiger partial charge in [-0.15, -0.1) is 0 Å². The van der Waals surface area contributed by atoms with Crippen LogP contribution in [-0.4, -0.2) is 119 Å². The smallest absolute Gasteiger partial charge is 0.253 e. The molecule has 17 heteroatoms. The Morgan fingerprint density at radius 2 is 1.68 bits per heavy atom. The topological polar surface area (TPSA) is 209 Å². The van der Waals surface area contributed by atoms with Crippen molar-refractivity contribution in [2.75, 3.05) is 31.6 Å². The van der Waals surface area contributed by atoms with Crippen LogP contribution < -0.4 is 15.5 Å². The summed E-state index contributed by atoms with van der Waals surface area (Å²) in [6, 6.07) is 13.6. The number of allylic oxidation sites excluding steroid dienone is 4. The highest BCUT2D eigenvalue weighted by Crippen LogP contribution is 2.72. The van der Waals surface area contributed by atoms with Crippen LogP contribution in [0.3, 0.4) is 0 Å². The van der Waals surface area contributed by atoms with Crippen molar-refractivity contribution in [1.82, 2.24) is 15.5 Å². The predicted molar refractivity (Wildman–Crippen MR) is 228 cm³/mol. The van der Waals surface area contributed by atoms with Crippen LogP contribution in [0.2, 0.25) is 0 Å². The first kappa shape index (κ1) is 45.8. The van der Waals surface area contributed by atoms with E-state index < -0.39 is 119 Å². The van der Waals surface area contributed by atoms with Crippen molar-refractivity contribution in [2.24, 2.45) is 22.7 Å². The number of nitrogens with zero attached hydrogens (tertiary/aromatic N) is 2. The number of aliphatic hydroxyl groups excluding tert-OH is 2. The summed E-state index contributed by atoms with van der Waals surface area (Å²) in [6.45, 7) is 3.33. The molecule has 0 spiro atoms. The van der Waals surface area contributed by atoms with E-state index in [1.54, 1.807) is 38.2 Å². The molecule has 6 aliphatic rings. The number of alkyl halides is 2. The van der Waals surface area contributed by atoms with Crippen molar-refractivity contribution in [2.45, 2.75) is 94.9 Å². The number of fused-ring (bicyclic) bond motifs is 7. The third kappa shape index (κ3) is 7.45. The average molecular weight is 899 g/mol. The van der Waals surface area contributed by atoms with Gasteiger partial charge in [0.25, 0.3) is 11.8 Å². The summed E-state index contributed by atoms with van der Waals surface area (Å²) in [7, 11) is 1.57. The zero-order valence-corrected chi connectivity index (χ0v) is 36.4. The Bertz CT molecular complexity index is 2420. The Morgan fingerprint density at radius 1 is 0.969 bits per heavy atom. The molecule has 65 heavy (non-hydrogen) atoms.